The minimum Gasteiger partial charge on any atom is -0.378 e. The standard InChI is InChI=1S/C15H23N5O3S/c1-10-12(24-15(16-10)20-6-8-23-9-7-20)13(21)18-19-14(22)17-11-4-2-3-5-11/h11H,2-9H2,1H3,(H,18,21)(H2,17,19,22). The second kappa shape index (κ2) is 7.80. The molecular formula is C15H23N5O3S. The molecule has 1 aromatic rings. The summed E-state index contributed by atoms with van der Waals surface area (Å²) >= 11 is 1.33. The zero-order valence-corrected chi connectivity index (χ0v) is 14.6. The summed E-state index contributed by atoms with van der Waals surface area (Å²) in [6.07, 6.45) is 4.28. The highest BCUT2D eigenvalue weighted by Gasteiger charge is 2.21. The van der Waals surface area contributed by atoms with E-state index in [0.717, 1.165) is 43.9 Å². The lowest BCUT2D eigenvalue weighted by molar-refractivity contribution is 0.0939. The number of urea groups is 1. The lowest BCUT2D eigenvalue weighted by Crippen LogP contribution is -2.49. The highest BCUT2D eigenvalue weighted by molar-refractivity contribution is 7.17. The van der Waals surface area contributed by atoms with Crippen LogP contribution in [0.1, 0.15) is 41.0 Å². The van der Waals surface area contributed by atoms with E-state index in [1.165, 1.54) is 11.3 Å². The normalized spacial score (nSPS) is 18.5. The first kappa shape index (κ1) is 17.0. The molecule has 2 fully saturated rings. The number of hydrogen-bond donors (Lipinski definition) is 3. The maximum atomic E-state index is 12.3. The van der Waals surface area contributed by atoms with E-state index in [9.17, 15) is 9.59 Å². The Labute approximate surface area is 144 Å². The van der Waals surface area contributed by atoms with Crippen LogP contribution in [0.3, 0.4) is 0 Å². The maximum Gasteiger partial charge on any atom is 0.333 e. The van der Waals surface area contributed by atoms with Crippen LogP contribution in [0.4, 0.5) is 9.93 Å². The molecule has 3 N–H and O–H groups in total. The number of hydrogen-bond acceptors (Lipinski definition) is 6. The second-order valence-electron chi connectivity index (χ2n) is 6.04. The molecule has 0 unspecified atom stereocenters. The summed E-state index contributed by atoms with van der Waals surface area (Å²) in [7, 11) is 0. The Kier molecular flexibility index (Phi) is 5.52. The number of hydrazine groups is 1. The Morgan fingerprint density at radius 3 is 2.62 bits per heavy atom. The quantitative estimate of drug-likeness (QED) is 0.709. The number of carbonyl (C=O) groups is 2. The first-order valence-corrected chi connectivity index (χ1v) is 9.12. The van der Waals surface area contributed by atoms with E-state index in [2.05, 4.69) is 26.1 Å². The molecule has 1 saturated carbocycles. The van der Waals surface area contributed by atoms with E-state index < -0.39 is 0 Å². The predicted octanol–water partition coefficient (Wildman–Crippen LogP) is 1.17. The molecule has 0 radical (unpaired) electrons. The lowest BCUT2D eigenvalue weighted by atomic mass is 10.3. The number of aromatic nitrogens is 1. The van der Waals surface area contributed by atoms with Crippen LogP contribution in [-0.4, -0.2) is 49.3 Å². The molecule has 0 atom stereocenters. The summed E-state index contributed by atoms with van der Waals surface area (Å²) in [5.74, 6) is -0.342. The third kappa shape index (κ3) is 4.15. The zero-order chi connectivity index (χ0) is 16.9. The van der Waals surface area contributed by atoms with Gasteiger partial charge in [0.25, 0.3) is 5.91 Å². The summed E-state index contributed by atoms with van der Waals surface area (Å²) in [5, 5.41) is 3.67. The Hall–Kier alpha value is -1.87. The van der Waals surface area contributed by atoms with Crippen molar-refractivity contribution in [3.05, 3.63) is 10.6 Å². The largest absolute Gasteiger partial charge is 0.378 e. The van der Waals surface area contributed by atoms with Gasteiger partial charge < -0.3 is 15.0 Å². The highest BCUT2D eigenvalue weighted by Crippen LogP contribution is 2.26. The van der Waals surface area contributed by atoms with Gasteiger partial charge in [0.2, 0.25) is 0 Å². The van der Waals surface area contributed by atoms with Gasteiger partial charge in [0.05, 0.1) is 18.9 Å². The van der Waals surface area contributed by atoms with Crippen molar-refractivity contribution in [2.45, 2.75) is 38.6 Å². The number of ether oxygens (including phenoxy) is 1. The van der Waals surface area contributed by atoms with Gasteiger partial charge in [-0.2, -0.15) is 0 Å². The molecule has 9 heteroatoms. The molecular weight excluding hydrogens is 330 g/mol. The van der Waals surface area contributed by atoms with Gasteiger partial charge in [0.1, 0.15) is 4.88 Å². The fourth-order valence-electron chi connectivity index (χ4n) is 2.94. The van der Waals surface area contributed by atoms with Crippen molar-refractivity contribution in [1.82, 2.24) is 21.2 Å². The molecule has 1 aliphatic heterocycles. The van der Waals surface area contributed by atoms with Crippen molar-refractivity contribution < 1.29 is 14.3 Å². The molecule has 1 aliphatic carbocycles. The van der Waals surface area contributed by atoms with E-state index in [1.807, 2.05) is 0 Å². The second-order valence-corrected chi connectivity index (χ2v) is 7.02. The van der Waals surface area contributed by atoms with Crippen LogP contribution in [0.5, 0.6) is 0 Å². The fourth-order valence-corrected chi connectivity index (χ4v) is 3.96. The monoisotopic (exact) mass is 353 g/mol. The van der Waals surface area contributed by atoms with Gasteiger partial charge in [-0.25, -0.2) is 15.2 Å². The summed E-state index contributed by atoms with van der Waals surface area (Å²) in [4.78, 5) is 31.2. The van der Waals surface area contributed by atoms with Crippen molar-refractivity contribution in [2.75, 3.05) is 31.2 Å². The topological polar surface area (TPSA) is 95.6 Å². The zero-order valence-electron chi connectivity index (χ0n) is 13.8. The molecule has 1 saturated heterocycles. The number of thiazole rings is 1. The molecule has 0 spiro atoms. The van der Waals surface area contributed by atoms with Crippen LogP contribution in [0, 0.1) is 6.92 Å². The van der Waals surface area contributed by atoms with Crippen LogP contribution < -0.4 is 21.1 Å². The highest BCUT2D eigenvalue weighted by atomic mass is 32.1. The maximum absolute atomic E-state index is 12.3. The number of rotatable bonds is 3. The first-order valence-electron chi connectivity index (χ1n) is 8.30. The van der Waals surface area contributed by atoms with Gasteiger partial charge in [0, 0.05) is 19.1 Å². The molecule has 8 nitrogen and oxygen atoms in total. The number of amides is 3. The molecule has 2 aliphatic rings. The summed E-state index contributed by atoms with van der Waals surface area (Å²) in [6.45, 7) is 4.69. The van der Waals surface area contributed by atoms with Crippen molar-refractivity contribution in [3.63, 3.8) is 0 Å². The van der Waals surface area contributed by atoms with E-state index in [-0.39, 0.29) is 18.0 Å². The van der Waals surface area contributed by atoms with E-state index in [1.54, 1.807) is 6.92 Å². The third-order valence-electron chi connectivity index (χ3n) is 4.25. The van der Waals surface area contributed by atoms with Gasteiger partial charge in [-0.15, -0.1) is 0 Å². The molecule has 3 amide bonds. The molecule has 24 heavy (non-hydrogen) atoms. The van der Waals surface area contributed by atoms with Crippen LogP contribution in [0.15, 0.2) is 0 Å². The number of anilines is 1. The van der Waals surface area contributed by atoms with Gasteiger partial charge in [0.15, 0.2) is 5.13 Å². The molecule has 132 valence electrons. The lowest BCUT2D eigenvalue weighted by Gasteiger charge is -2.25. The first-order chi connectivity index (χ1) is 11.6. The van der Waals surface area contributed by atoms with E-state index in [4.69, 9.17) is 4.74 Å². The Balaban J connectivity index is 1.52. The minimum atomic E-state index is -0.370. The van der Waals surface area contributed by atoms with Gasteiger partial charge >= 0.3 is 6.03 Å². The third-order valence-corrected chi connectivity index (χ3v) is 5.47. The van der Waals surface area contributed by atoms with Crippen LogP contribution in [-0.2, 0) is 4.74 Å². The van der Waals surface area contributed by atoms with Crippen LogP contribution in [0.2, 0.25) is 0 Å². The summed E-state index contributed by atoms with van der Waals surface area (Å²) < 4.78 is 5.33. The van der Waals surface area contributed by atoms with Crippen molar-refractivity contribution in [1.29, 1.82) is 0 Å². The molecule has 2 heterocycles. The average Bonchev–Trinajstić information content (AvgIpc) is 3.23. The minimum absolute atomic E-state index is 0.208. The molecule has 1 aromatic heterocycles. The number of morpholine rings is 1. The van der Waals surface area contributed by atoms with Crippen molar-refractivity contribution in [3.8, 4) is 0 Å². The van der Waals surface area contributed by atoms with Crippen molar-refractivity contribution in [2.24, 2.45) is 0 Å². The van der Waals surface area contributed by atoms with E-state index >= 15 is 0 Å². The van der Waals surface area contributed by atoms with Gasteiger partial charge in [-0.3, -0.25) is 10.2 Å². The van der Waals surface area contributed by atoms with Crippen molar-refractivity contribution >= 4 is 28.4 Å². The summed E-state index contributed by atoms with van der Waals surface area (Å²) in [6, 6.07) is -0.161. The van der Waals surface area contributed by atoms with Gasteiger partial charge in [-0.1, -0.05) is 24.2 Å². The number of aryl methyl sites for hydroxylation is 1. The van der Waals surface area contributed by atoms with Gasteiger partial charge in [-0.05, 0) is 19.8 Å². The molecule has 0 aromatic carbocycles. The smallest absolute Gasteiger partial charge is 0.333 e. The Morgan fingerprint density at radius 2 is 1.92 bits per heavy atom. The van der Waals surface area contributed by atoms with E-state index in [0.29, 0.717) is 23.8 Å². The number of carbonyl (C=O) groups excluding carboxylic acids is 2. The number of nitrogens with one attached hydrogen (secondary N) is 3. The molecule has 3 rings (SSSR count). The number of nitrogens with zero attached hydrogens (tertiary/aromatic N) is 2. The Bertz CT molecular complexity index is 594. The Morgan fingerprint density at radius 1 is 1.21 bits per heavy atom. The predicted molar refractivity (Wildman–Crippen MR) is 91.3 cm³/mol. The summed E-state index contributed by atoms with van der Waals surface area (Å²) in [5.41, 5.74) is 5.54. The van der Waals surface area contributed by atoms with Crippen LogP contribution >= 0.6 is 11.3 Å². The fraction of sp³-hybridized carbons (Fsp3) is 0.667. The average molecular weight is 353 g/mol. The van der Waals surface area contributed by atoms with Crippen LogP contribution in [0.25, 0.3) is 0 Å². The molecule has 0 bridgehead atoms. The SMILES string of the molecule is Cc1nc(N2CCOCC2)sc1C(=O)NNC(=O)NC1CCCC1.